The Bertz CT molecular complexity index is 132. The Morgan fingerprint density at radius 2 is 2.31 bits per heavy atom. The summed E-state index contributed by atoms with van der Waals surface area (Å²) in [4.78, 5) is 0. The fraction of sp³-hybridized carbons (Fsp3) is 1.00. The summed E-state index contributed by atoms with van der Waals surface area (Å²) in [6.45, 7) is 6.51. The van der Waals surface area contributed by atoms with Crippen LogP contribution >= 0.6 is 0 Å². The second kappa shape index (κ2) is 5.61. The van der Waals surface area contributed by atoms with Crippen molar-refractivity contribution in [2.75, 3.05) is 20.3 Å². The summed E-state index contributed by atoms with van der Waals surface area (Å²) in [5.74, 6) is 1.49. The van der Waals surface area contributed by atoms with E-state index < -0.39 is 0 Å². The molecule has 0 amide bonds. The van der Waals surface area contributed by atoms with Crippen molar-refractivity contribution in [2.24, 2.45) is 11.8 Å². The van der Waals surface area contributed by atoms with Crippen LogP contribution in [0.3, 0.4) is 0 Å². The first-order valence-electron chi connectivity index (χ1n) is 5.54. The van der Waals surface area contributed by atoms with Crippen molar-refractivity contribution in [3.05, 3.63) is 0 Å². The second-order valence-electron chi connectivity index (χ2n) is 4.18. The van der Waals surface area contributed by atoms with Crippen molar-refractivity contribution < 1.29 is 4.74 Å². The highest BCUT2D eigenvalue weighted by atomic mass is 16.5. The number of ether oxygens (including phenoxy) is 1. The highest BCUT2D eigenvalue weighted by Crippen LogP contribution is 2.23. The fourth-order valence-electron chi connectivity index (χ4n) is 2.29. The minimum absolute atomic E-state index is 0.644. The Kier molecular flexibility index (Phi) is 4.74. The molecule has 0 aliphatic carbocycles. The first-order chi connectivity index (χ1) is 6.29. The van der Waals surface area contributed by atoms with Crippen molar-refractivity contribution >= 4 is 0 Å². The van der Waals surface area contributed by atoms with Gasteiger partial charge in [0.2, 0.25) is 0 Å². The standard InChI is InChI=1S/C11H23NO/c1-4-9(2)11(12-3)10-6-5-7-13-8-10/h9-12H,4-8H2,1-3H3. The summed E-state index contributed by atoms with van der Waals surface area (Å²) in [5.41, 5.74) is 0. The van der Waals surface area contributed by atoms with E-state index in [0.717, 1.165) is 25.0 Å². The molecule has 0 spiro atoms. The van der Waals surface area contributed by atoms with Crippen molar-refractivity contribution in [1.29, 1.82) is 0 Å². The maximum atomic E-state index is 5.52. The monoisotopic (exact) mass is 185 g/mol. The van der Waals surface area contributed by atoms with Crippen LogP contribution < -0.4 is 5.32 Å². The van der Waals surface area contributed by atoms with Gasteiger partial charge < -0.3 is 10.1 Å². The average molecular weight is 185 g/mol. The highest BCUT2D eigenvalue weighted by Gasteiger charge is 2.26. The molecule has 0 aromatic heterocycles. The lowest BCUT2D eigenvalue weighted by Crippen LogP contribution is -2.42. The normalized spacial score (nSPS) is 28.4. The number of nitrogens with one attached hydrogen (secondary N) is 1. The Balaban J connectivity index is 2.43. The summed E-state index contributed by atoms with van der Waals surface area (Å²) in [6.07, 6.45) is 3.82. The van der Waals surface area contributed by atoms with Crippen LogP contribution in [0.2, 0.25) is 0 Å². The molecule has 1 rings (SSSR count). The van der Waals surface area contributed by atoms with Crippen molar-refractivity contribution in [2.45, 2.75) is 39.2 Å². The number of hydrogen-bond donors (Lipinski definition) is 1. The molecule has 78 valence electrons. The van der Waals surface area contributed by atoms with Crippen LogP contribution in [0.1, 0.15) is 33.1 Å². The summed E-state index contributed by atoms with van der Waals surface area (Å²) in [7, 11) is 2.07. The van der Waals surface area contributed by atoms with Gasteiger partial charge in [-0.2, -0.15) is 0 Å². The molecule has 1 heterocycles. The molecule has 2 heteroatoms. The van der Waals surface area contributed by atoms with Crippen LogP contribution in [-0.4, -0.2) is 26.3 Å². The van der Waals surface area contributed by atoms with Gasteiger partial charge in [-0.1, -0.05) is 20.3 Å². The molecular weight excluding hydrogens is 162 g/mol. The predicted octanol–water partition coefficient (Wildman–Crippen LogP) is 2.05. The molecule has 2 nitrogen and oxygen atoms in total. The zero-order valence-electron chi connectivity index (χ0n) is 9.18. The molecule has 0 aromatic carbocycles. The van der Waals surface area contributed by atoms with Crippen LogP contribution in [0.4, 0.5) is 0 Å². The van der Waals surface area contributed by atoms with Crippen molar-refractivity contribution in [3.63, 3.8) is 0 Å². The van der Waals surface area contributed by atoms with E-state index in [-0.39, 0.29) is 0 Å². The van der Waals surface area contributed by atoms with Gasteiger partial charge in [0.15, 0.2) is 0 Å². The van der Waals surface area contributed by atoms with E-state index in [2.05, 4.69) is 26.2 Å². The Morgan fingerprint density at radius 3 is 2.77 bits per heavy atom. The van der Waals surface area contributed by atoms with Gasteiger partial charge in [0, 0.05) is 12.6 Å². The van der Waals surface area contributed by atoms with Crippen molar-refractivity contribution in [3.8, 4) is 0 Å². The lowest BCUT2D eigenvalue weighted by Gasteiger charge is -2.33. The minimum atomic E-state index is 0.644. The number of rotatable bonds is 4. The van der Waals surface area contributed by atoms with Crippen LogP contribution in [0.15, 0.2) is 0 Å². The van der Waals surface area contributed by atoms with Gasteiger partial charge in [0.1, 0.15) is 0 Å². The molecule has 3 atom stereocenters. The maximum absolute atomic E-state index is 5.52. The van der Waals surface area contributed by atoms with Gasteiger partial charge in [0.05, 0.1) is 6.61 Å². The highest BCUT2D eigenvalue weighted by molar-refractivity contribution is 4.80. The van der Waals surface area contributed by atoms with Crippen LogP contribution in [0, 0.1) is 11.8 Å². The topological polar surface area (TPSA) is 21.3 Å². The molecule has 0 saturated carbocycles. The molecule has 1 aliphatic rings. The average Bonchev–Trinajstić information content (AvgIpc) is 2.20. The van der Waals surface area contributed by atoms with Crippen LogP contribution in [-0.2, 0) is 4.74 Å². The molecule has 0 aromatic rings. The summed E-state index contributed by atoms with van der Waals surface area (Å²) in [6, 6.07) is 0.644. The molecule has 1 aliphatic heterocycles. The third-order valence-electron chi connectivity index (χ3n) is 3.29. The Hall–Kier alpha value is -0.0800. The van der Waals surface area contributed by atoms with Gasteiger partial charge >= 0.3 is 0 Å². The molecule has 1 fully saturated rings. The largest absolute Gasteiger partial charge is 0.381 e. The smallest absolute Gasteiger partial charge is 0.0509 e. The minimum Gasteiger partial charge on any atom is -0.381 e. The van der Waals surface area contributed by atoms with Crippen LogP contribution in [0.25, 0.3) is 0 Å². The van der Waals surface area contributed by atoms with Gasteiger partial charge in [-0.05, 0) is 31.7 Å². The summed E-state index contributed by atoms with van der Waals surface area (Å²) >= 11 is 0. The third-order valence-corrected chi connectivity index (χ3v) is 3.29. The molecule has 0 radical (unpaired) electrons. The maximum Gasteiger partial charge on any atom is 0.0509 e. The zero-order valence-corrected chi connectivity index (χ0v) is 9.18. The van der Waals surface area contributed by atoms with Gasteiger partial charge in [0.25, 0.3) is 0 Å². The van der Waals surface area contributed by atoms with E-state index in [1.165, 1.54) is 19.3 Å². The third kappa shape index (κ3) is 2.96. The van der Waals surface area contributed by atoms with E-state index >= 15 is 0 Å². The van der Waals surface area contributed by atoms with E-state index in [9.17, 15) is 0 Å². The first kappa shape index (κ1) is 11.0. The molecule has 13 heavy (non-hydrogen) atoms. The van der Waals surface area contributed by atoms with Gasteiger partial charge in [-0.3, -0.25) is 0 Å². The van der Waals surface area contributed by atoms with Gasteiger partial charge in [-0.25, -0.2) is 0 Å². The summed E-state index contributed by atoms with van der Waals surface area (Å²) < 4.78 is 5.52. The molecular formula is C11H23NO. The summed E-state index contributed by atoms with van der Waals surface area (Å²) in [5, 5.41) is 3.44. The molecule has 1 N–H and O–H groups in total. The lowest BCUT2D eigenvalue weighted by atomic mass is 9.84. The van der Waals surface area contributed by atoms with E-state index in [4.69, 9.17) is 4.74 Å². The molecule has 3 unspecified atom stereocenters. The van der Waals surface area contributed by atoms with E-state index in [1.54, 1.807) is 0 Å². The second-order valence-corrected chi connectivity index (χ2v) is 4.18. The number of hydrogen-bond acceptors (Lipinski definition) is 2. The molecule has 1 saturated heterocycles. The Labute approximate surface area is 82.0 Å². The fourth-order valence-corrected chi connectivity index (χ4v) is 2.29. The van der Waals surface area contributed by atoms with E-state index in [0.29, 0.717) is 6.04 Å². The SMILES string of the molecule is CCC(C)C(NC)C1CCCOC1. The lowest BCUT2D eigenvalue weighted by molar-refractivity contribution is 0.0312. The van der Waals surface area contributed by atoms with Crippen molar-refractivity contribution in [1.82, 2.24) is 5.32 Å². The zero-order chi connectivity index (χ0) is 9.68. The van der Waals surface area contributed by atoms with Crippen LogP contribution in [0.5, 0.6) is 0 Å². The Morgan fingerprint density at radius 1 is 1.54 bits per heavy atom. The molecule has 0 bridgehead atoms. The quantitative estimate of drug-likeness (QED) is 0.723. The predicted molar refractivity (Wildman–Crippen MR) is 55.8 cm³/mol. The first-order valence-corrected chi connectivity index (χ1v) is 5.54. The van der Waals surface area contributed by atoms with Gasteiger partial charge in [-0.15, -0.1) is 0 Å². The van der Waals surface area contributed by atoms with E-state index in [1.807, 2.05) is 0 Å².